The highest BCUT2D eigenvalue weighted by Gasteiger charge is 2.33. The van der Waals surface area contributed by atoms with Crippen LogP contribution in [0.15, 0.2) is 11.8 Å². The normalized spacial score (nSPS) is 34.0. The van der Waals surface area contributed by atoms with Crippen molar-refractivity contribution in [3.05, 3.63) is 11.8 Å². The number of nitrogens with one attached hydrogen (secondary N) is 1. The Hall–Kier alpha value is -0.540. The topological polar surface area (TPSA) is 47.3 Å². The number of hydrogen-bond donors (Lipinski definition) is 2. The molecule has 0 saturated heterocycles. The zero-order chi connectivity index (χ0) is 9.97. The maximum absolute atomic E-state index is 5.62. The van der Waals surface area contributed by atoms with Crippen molar-refractivity contribution in [1.82, 2.24) is 5.43 Å². The Bertz CT molecular complexity index is 227. The van der Waals surface area contributed by atoms with Crippen molar-refractivity contribution in [3.63, 3.8) is 0 Å². The first kappa shape index (κ1) is 9.99. The number of rotatable bonds is 3. The molecule has 3 atom stereocenters. The lowest BCUT2D eigenvalue weighted by atomic mass is 9.89. The van der Waals surface area contributed by atoms with E-state index < -0.39 is 0 Å². The van der Waals surface area contributed by atoms with Crippen LogP contribution in [0.4, 0.5) is 0 Å². The lowest BCUT2D eigenvalue weighted by molar-refractivity contribution is 0.181. The minimum absolute atomic E-state index is 0.245. The minimum Gasteiger partial charge on any atom is -0.496 e. The molecule has 0 aromatic heterocycles. The molecule has 14 heavy (non-hydrogen) atoms. The fourth-order valence-corrected chi connectivity index (χ4v) is 2.74. The third-order valence-electron chi connectivity index (χ3n) is 3.57. The lowest BCUT2D eigenvalue weighted by Gasteiger charge is -2.26. The van der Waals surface area contributed by atoms with Crippen molar-refractivity contribution in [2.75, 3.05) is 6.61 Å². The molecule has 1 fully saturated rings. The highest BCUT2D eigenvalue weighted by molar-refractivity contribution is 5.10. The lowest BCUT2D eigenvalue weighted by Crippen LogP contribution is -2.43. The van der Waals surface area contributed by atoms with Gasteiger partial charge in [-0.15, -0.1) is 0 Å². The van der Waals surface area contributed by atoms with Gasteiger partial charge in [0.05, 0.1) is 12.6 Å². The first-order valence-electron chi connectivity index (χ1n) is 5.62. The number of nitrogens with two attached hydrogens (primary N) is 1. The van der Waals surface area contributed by atoms with E-state index in [0.717, 1.165) is 24.7 Å². The highest BCUT2D eigenvalue weighted by atomic mass is 16.5. The van der Waals surface area contributed by atoms with Gasteiger partial charge in [-0.3, -0.25) is 5.84 Å². The second-order valence-electron chi connectivity index (χ2n) is 4.46. The molecule has 1 aliphatic carbocycles. The van der Waals surface area contributed by atoms with E-state index >= 15 is 0 Å². The maximum atomic E-state index is 5.62. The van der Waals surface area contributed by atoms with Crippen LogP contribution in [0.25, 0.3) is 0 Å². The molecule has 2 aliphatic rings. The molecule has 0 spiro atoms. The molecule has 0 bridgehead atoms. The van der Waals surface area contributed by atoms with E-state index in [9.17, 15) is 0 Å². The van der Waals surface area contributed by atoms with Crippen molar-refractivity contribution in [3.8, 4) is 0 Å². The van der Waals surface area contributed by atoms with Crippen LogP contribution in [0.5, 0.6) is 0 Å². The van der Waals surface area contributed by atoms with Crippen molar-refractivity contribution < 1.29 is 4.74 Å². The van der Waals surface area contributed by atoms with Gasteiger partial charge in [0.1, 0.15) is 5.76 Å². The molecular formula is C11H20N2O. The summed E-state index contributed by atoms with van der Waals surface area (Å²) in [7, 11) is 0. The van der Waals surface area contributed by atoms with E-state index in [4.69, 9.17) is 10.6 Å². The molecule has 2 rings (SSSR count). The molecule has 3 unspecified atom stereocenters. The van der Waals surface area contributed by atoms with Gasteiger partial charge in [0.2, 0.25) is 0 Å². The standard InChI is InChI=1S/C11H20N2O/c1-8-4-2-5-9(8)11(13-12)10-6-3-7-14-10/h6,8-9,11,13H,2-5,7,12H2,1H3. The van der Waals surface area contributed by atoms with Gasteiger partial charge in [-0.2, -0.15) is 0 Å². The number of hydrazine groups is 1. The van der Waals surface area contributed by atoms with Gasteiger partial charge in [0.25, 0.3) is 0 Å². The largest absolute Gasteiger partial charge is 0.496 e. The second-order valence-corrected chi connectivity index (χ2v) is 4.46. The molecule has 3 heteroatoms. The summed E-state index contributed by atoms with van der Waals surface area (Å²) in [5.74, 6) is 8.12. The van der Waals surface area contributed by atoms with E-state index in [2.05, 4.69) is 18.4 Å². The van der Waals surface area contributed by atoms with Crippen LogP contribution in [0.2, 0.25) is 0 Å². The Labute approximate surface area is 85.7 Å². The quantitative estimate of drug-likeness (QED) is 0.532. The predicted molar refractivity (Wildman–Crippen MR) is 56.3 cm³/mol. The zero-order valence-corrected chi connectivity index (χ0v) is 8.83. The molecule has 0 aromatic rings. The Morgan fingerprint density at radius 3 is 2.93 bits per heavy atom. The summed E-state index contributed by atoms with van der Waals surface area (Å²) in [4.78, 5) is 0. The molecule has 1 heterocycles. The van der Waals surface area contributed by atoms with Gasteiger partial charge in [-0.05, 0) is 24.3 Å². The molecule has 1 aliphatic heterocycles. The third-order valence-corrected chi connectivity index (χ3v) is 3.57. The molecule has 0 radical (unpaired) electrons. The van der Waals surface area contributed by atoms with Crippen LogP contribution in [0.3, 0.4) is 0 Å². The first-order valence-corrected chi connectivity index (χ1v) is 5.62. The van der Waals surface area contributed by atoms with E-state index in [1.54, 1.807) is 0 Å². The molecule has 80 valence electrons. The summed E-state index contributed by atoms with van der Waals surface area (Å²) in [6.45, 7) is 3.14. The highest BCUT2D eigenvalue weighted by Crippen LogP contribution is 2.36. The van der Waals surface area contributed by atoms with Crippen LogP contribution in [-0.4, -0.2) is 12.6 Å². The average molecular weight is 196 g/mol. The predicted octanol–water partition coefficient (Wildman–Crippen LogP) is 1.56. The molecule has 3 N–H and O–H groups in total. The molecule has 1 saturated carbocycles. The summed E-state index contributed by atoms with van der Waals surface area (Å²) < 4.78 is 5.59. The SMILES string of the molecule is CC1CCCC1C(NN)C1=CCCO1. The molecule has 0 amide bonds. The molecule has 3 nitrogen and oxygen atoms in total. The van der Waals surface area contributed by atoms with E-state index in [1.807, 2.05) is 0 Å². The second kappa shape index (κ2) is 4.32. The maximum Gasteiger partial charge on any atom is 0.111 e. The van der Waals surface area contributed by atoms with Gasteiger partial charge in [-0.25, -0.2) is 5.43 Å². The van der Waals surface area contributed by atoms with Gasteiger partial charge in [0.15, 0.2) is 0 Å². The van der Waals surface area contributed by atoms with Gasteiger partial charge in [0, 0.05) is 6.42 Å². The molecule has 0 aromatic carbocycles. The fraction of sp³-hybridized carbons (Fsp3) is 0.818. The summed E-state index contributed by atoms with van der Waals surface area (Å²) in [5.41, 5.74) is 2.92. The van der Waals surface area contributed by atoms with Crippen LogP contribution in [0, 0.1) is 11.8 Å². The fourth-order valence-electron chi connectivity index (χ4n) is 2.74. The Balaban J connectivity index is 2.04. The van der Waals surface area contributed by atoms with Crippen molar-refractivity contribution in [2.45, 2.75) is 38.6 Å². The average Bonchev–Trinajstić information content (AvgIpc) is 2.80. The Kier molecular flexibility index (Phi) is 3.08. The van der Waals surface area contributed by atoms with Gasteiger partial charge < -0.3 is 4.74 Å². The van der Waals surface area contributed by atoms with Crippen molar-refractivity contribution >= 4 is 0 Å². The van der Waals surface area contributed by atoms with Crippen LogP contribution in [-0.2, 0) is 4.74 Å². The monoisotopic (exact) mass is 196 g/mol. The van der Waals surface area contributed by atoms with Crippen LogP contribution >= 0.6 is 0 Å². The van der Waals surface area contributed by atoms with Crippen LogP contribution in [0.1, 0.15) is 32.6 Å². The third kappa shape index (κ3) is 1.79. The number of hydrogen-bond acceptors (Lipinski definition) is 3. The summed E-state index contributed by atoms with van der Waals surface area (Å²) in [6, 6.07) is 0.245. The minimum atomic E-state index is 0.245. The smallest absolute Gasteiger partial charge is 0.111 e. The zero-order valence-electron chi connectivity index (χ0n) is 8.83. The Morgan fingerprint density at radius 1 is 1.57 bits per heavy atom. The number of ether oxygens (including phenoxy) is 1. The van der Waals surface area contributed by atoms with E-state index in [0.29, 0.717) is 5.92 Å². The van der Waals surface area contributed by atoms with Crippen molar-refractivity contribution in [1.29, 1.82) is 0 Å². The summed E-state index contributed by atoms with van der Waals surface area (Å²) >= 11 is 0. The summed E-state index contributed by atoms with van der Waals surface area (Å²) in [5, 5.41) is 0. The van der Waals surface area contributed by atoms with Gasteiger partial charge >= 0.3 is 0 Å². The van der Waals surface area contributed by atoms with Gasteiger partial charge in [-0.1, -0.05) is 19.8 Å². The van der Waals surface area contributed by atoms with E-state index in [1.165, 1.54) is 19.3 Å². The summed E-state index contributed by atoms with van der Waals surface area (Å²) in [6.07, 6.45) is 7.15. The van der Waals surface area contributed by atoms with E-state index in [-0.39, 0.29) is 6.04 Å². The Morgan fingerprint density at radius 2 is 2.43 bits per heavy atom. The molecular weight excluding hydrogens is 176 g/mol. The van der Waals surface area contributed by atoms with Crippen molar-refractivity contribution in [2.24, 2.45) is 17.7 Å². The van der Waals surface area contributed by atoms with Crippen LogP contribution < -0.4 is 11.3 Å². The first-order chi connectivity index (χ1) is 6.83.